The fourth-order valence-corrected chi connectivity index (χ4v) is 2.39. The number of para-hydroxylation sites is 1. The van der Waals surface area contributed by atoms with Crippen LogP contribution in [0, 0.1) is 0 Å². The lowest BCUT2D eigenvalue weighted by Gasteiger charge is -2.32. The average molecular weight is 343 g/mol. The van der Waals surface area contributed by atoms with Crippen molar-refractivity contribution in [2.45, 2.75) is 13.8 Å². The lowest BCUT2D eigenvalue weighted by molar-refractivity contribution is 0.100. The van der Waals surface area contributed by atoms with Crippen LogP contribution in [0.3, 0.4) is 0 Å². The van der Waals surface area contributed by atoms with Gasteiger partial charge in [0.2, 0.25) is 5.95 Å². The minimum absolute atomic E-state index is 0.443. The van der Waals surface area contributed by atoms with Crippen molar-refractivity contribution < 1.29 is 4.79 Å². The number of carbonyl (C=O) groups is 1. The molecule has 0 spiro atoms. The molecule has 3 N–H and O–H groups in total. The summed E-state index contributed by atoms with van der Waals surface area (Å²) in [5.74, 6) is 0.374. The predicted molar refractivity (Wildman–Crippen MR) is 106 cm³/mol. The molecule has 1 aromatic carbocycles. The number of allylic oxidation sites excluding steroid dienone is 2. The van der Waals surface area contributed by atoms with E-state index in [1.165, 1.54) is 0 Å². The highest BCUT2D eigenvalue weighted by Crippen LogP contribution is 2.21. The molecule has 1 aromatic heterocycles. The summed E-state index contributed by atoms with van der Waals surface area (Å²) in [4.78, 5) is 23.7. The number of anilines is 1. The summed E-state index contributed by atoms with van der Waals surface area (Å²) >= 11 is 0. The highest BCUT2D eigenvalue weighted by molar-refractivity contribution is 6.04. The Labute approximate surface area is 150 Å². The first-order chi connectivity index (χ1) is 12.1. The maximum Gasteiger partial charge on any atom is 0.250 e. The fraction of sp³-hybridized carbons (Fsp3) is 0.368. The Balaban J connectivity index is 0.000000461. The monoisotopic (exact) mass is 343 g/mol. The maximum absolute atomic E-state index is 11.4. The molecule has 0 radical (unpaired) electrons. The van der Waals surface area contributed by atoms with Gasteiger partial charge in [0.25, 0.3) is 5.91 Å². The second-order valence-corrected chi connectivity index (χ2v) is 5.39. The van der Waals surface area contributed by atoms with Crippen LogP contribution in [0.2, 0.25) is 0 Å². The number of H-pyrrole nitrogens is 1. The fourth-order valence-electron chi connectivity index (χ4n) is 2.39. The zero-order valence-electron chi connectivity index (χ0n) is 15.5. The molecule has 136 valence electrons. The number of nitrogens with zero attached hydrogens (tertiary/aromatic N) is 3. The molecule has 0 saturated carbocycles. The van der Waals surface area contributed by atoms with Crippen molar-refractivity contribution in [2.24, 2.45) is 5.73 Å². The van der Waals surface area contributed by atoms with Gasteiger partial charge in [0.15, 0.2) is 0 Å². The maximum atomic E-state index is 11.4. The van der Waals surface area contributed by atoms with Gasteiger partial charge in [-0.1, -0.05) is 45.2 Å². The first kappa shape index (κ1) is 20.4. The lowest BCUT2D eigenvalue weighted by atomic mass is 10.2. The molecular formula is C19H29N5O. The molecule has 0 bridgehead atoms. The number of aromatic amines is 1. The number of nitrogens with two attached hydrogens (primary N) is 1. The number of nitrogens with one attached hydrogen (secondary N) is 1. The normalized spacial score (nSPS) is 14.0. The molecule has 1 aliphatic rings. The molecular weight excluding hydrogens is 314 g/mol. The van der Waals surface area contributed by atoms with Crippen LogP contribution in [0.15, 0.2) is 43.5 Å². The Hall–Kier alpha value is -2.60. The number of rotatable bonds is 3. The van der Waals surface area contributed by atoms with Gasteiger partial charge in [-0.15, -0.1) is 0 Å². The highest BCUT2D eigenvalue weighted by Gasteiger charge is 2.18. The van der Waals surface area contributed by atoms with E-state index in [-0.39, 0.29) is 0 Å². The lowest BCUT2D eigenvalue weighted by Crippen LogP contribution is -2.44. The standard InChI is InChI=1S/C13H17N5O.C4H6.C2H6/c1-17-5-7-18(8-6-17)13-15-10-4-2-3-9(12(14)19)11(10)16-13;1-3-4-2;1-2/h2-4H,5-8H2,1H3,(H2,14,19)(H,15,16);3-4H,1-2H2;1-2H3. The van der Waals surface area contributed by atoms with Crippen molar-refractivity contribution in [1.29, 1.82) is 0 Å². The number of likely N-dealkylation sites (N-methyl/N-ethyl adjacent to an activating group) is 1. The number of hydrogen-bond donors (Lipinski definition) is 2. The molecule has 1 fully saturated rings. The van der Waals surface area contributed by atoms with E-state index in [0.717, 1.165) is 37.6 Å². The van der Waals surface area contributed by atoms with Crippen molar-refractivity contribution in [2.75, 3.05) is 38.1 Å². The molecule has 0 atom stereocenters. The Morgan fingerprint density at radius 2 is 1.80 bits per heavy atom. The quantitative estimate of drug-likeness (QED) is 0.840. The smallest absolute Gasteiger partial charge is 0.250 e. The molecule has 6 heteroatoms. The first-order valence-electron chi connectivity index (χ1n) is 8.52. The van der Waals surface area contributed by atoms with Gasteiger partial charge in [0.1, 0.15) is 5.52 Å². The van der Waals surface area contributed by atoms with Gasteiger partial charge in [0.05, 0.1) is 11.1 Å². The number of hydrogen-bond acceptors (Lipinski definition) is 4. The second kappa shape index (κ2) is 10.3. The summed E-state index contributed by atoms with van der Waals surface area (Å²) in [6.07, 6.45) is 3.28. The van der Waals surface area contributed by atoms with E-state index in [1.54, 1.807) is 18.2 Å². The third-order valence-electron chi connectivity index (χ3n) is 3.74. The van der Waals surface area contributed by atoms with Gasteiger partial charge in [-0.3, -0.25) is 4.79 Å². The largest absolute Gasteiger partial charge is 0.366 e. The Morgan fingerprint density at radius 3 is 2.32 bits per heavy atom. The molecule has 2 heterocycles. The van der Waals surface area contributed by atoms with Crippen LogP contribution in [-0.2, 0) is 0 Å². The number of aromatic nitrogens is 2. The van der Waals surface area contributed by atoms with Crippen LogP contribution in [-0.4, -0.2) is 54.0 Å². The van der Waals surface area contributed by atoms with Gasteiger partial charge in [-0.2, -0.15) is 0 Å². The molecule has 0 unspecified atom stereocenters. The van der Waals surface area contributed by atoms with E-state index in [9.17, 15) is 4.79 Å². The summed E-state index contributed by atoms with van der Waals surface area (Å²) in [6, 6.07) is 5.43. The number of benzene rings is 1. The van der Waals surface area contributed by atoms with Gasteiger partial charge < -0.3 is 20.5 Å². The molecule has 0 aliphatic carbocycles. The summed E-state index contributed by atoms with van der Waals surface area (Å²) < 4.78 is 0. The zero-order valence-corrected chi connectivity index (χ0v) is 15.5. The van der Waals surface area contributed by atoms with E-state index in [0.29, 0.717) is 11.1 Å². The predicted octanol–water partition coefficient (Wildman–Crippen LogP) is 2.80. The van der Waals surface area contributed by atoms with E-state index in [2.05, 4.69) is 40.0 Å². The van der Waals surface area contributed by atoms with Gasteiger partial charge >= 0.3 is 0 Å². The van der Waals surface area contributed by atoms with Crippen LogP contribution < -0.4 is 10.6 Å². The molecule has 1 saturated heterocycles. The molecule has 3 rings (SSSR count). The van der Waals surface area contributed by atoms with E-state index in [1.807, 2.05) is 26.0 Å². The summed E-state index contributed by atoms with van der Waals surface area (Å²) in [7, 11) is 2.11. The van der Waals surface area contributed by atoms with Crippen LogP contribution in [0.5, 0.6) is 0 Å². The van der Waals surface area contributed by atoms with Crippen LogP contribution in [0.25, 0.3) is 11.0 Å². The number of fused-ring (bicyclic) bond motifs is 1. The Morgan fingerprint density at radius 1 is 1.20 bits per heavy atom. The number of amides is 1. The molecule has 1 amide bonds. The van der Waals surface area contributed by atoms with Crippen LogP contribution in [0.4, 0.5) is 5.95 Å². The average Bonchev–Trinajstić information content (AvgIpc) is 3.08. The molecule has 6 nitrogen and oxygen atoms in total. The van der Waals surface area contributed by atoms with Crippen LogP contribution in [0.1, 0.15) is 24.2 Å². The number of carbonyl (C=O) groups excluding carboxylic acids is 1. The third-order valence-corrected chi connectivity index (χ3v) is 3.74. The van der Waals surface area contributed by atoms with E-state index in [4.69, 9.17) is 5.73 Å². The van der Waals surface area contributed by atoms with Crippen LogP contribution >= 0.6 is 0 Å². The van der Waals surface area contributed by atoms with E-state index >= 15 is 0 Å². The Kier molecular flexibility index (Phi) is 8.43. The molecule has 1 aliphatic heterocycles. The van der Waals surface area contributed by atoms with Crippen molar-refractivity contribution in [1.82, 2.24) is 14.9 Å². The SMILES string of the molecule is C=CC=C.CC.CN1CCN(c2nc3c(C(N)=O)cccc3[nH]2)CC1. The van der Waals surface area contributed by atoms with Crippen molar-refractivity contribution in [3.8, 4) is 0 Å². The van der Waals surface area contributed by atoms with Crippen molar-refractivity contribution in [3.05, 3.63) is 49.1 Å². The van der Waals surface area contributed by atoms with Crippen molar-refractivity contribution in [3.63, 3.8) is 0 Å². The van der Waals surface area contributed by atoms with Gasteiger partial charge in [-0.25, -0.2) is 4.98 Å². The first-order valence-corrected chi connectivity index (χ1v) is 8.52. The molecule has 25 heavy (non-hydrogen) atoms. The minimum atomic E-state index is -0.443. The van der Waals surface area contributed by atoms with Gasteiger partial charge in [0, 0.05) is 26.2 Å². The zero-order chi connectivity index (χ0) is 18.8. The second-order valence-electron chi connectivity index (χ2n) is 5.39. The molecule has 2 aromatic rings. The minimum Gasteiger partial charge on any atom is -0.366 e. The van der Waals surface area contributed by atoms with E-state index < -0.39 is 5.91 Å². The number of imidazole rings is 1. The number of piperazine rings is 1. The van der Waals surface area contributed by atoms with Crippen molar-refractivity contribution >= 4 is 22.9 Å². The number of primary amides is 1. The summed E-state index contributed by atoms with van der Waals surface area (Å²) in [5.41, 5.74) is 7.35. The highest BCUT2D eigenvalue weighted by atomic mass is 16.1. The summed E-state index contributed by atoms with van der Waals surface area (Å²) in [5, 5.41) is 0. The van der Waals surface area contributed by atoms with Gasteiger partial charge in [-0.05, 0) is 19.2 Å². The summed E-state index contributed by atoms with van der Waals surface area (Å²) in [6.45, 7) is 14.6. The topological polar surface area (TPSA) is 78.2 Å². The third kappa shape index (κ3) is 5.46. The Bertz CT molecular complexity index is 693.